The van der Waals surface area contributed by atoms with E-state index in [1.165, 1.54) is 19.1 Å². The van der Waals surface area contributed by atoms with Gasteiger partial charge < -0.3 is 20.0 Å². The molecule has 2 N–H and O–H groups in total. The molecule has 2 aromatic carbocycles. The molecule has 0 unspecified atom stereocenters. The van der Waals surface area contributed by atoms with Gasteiger partial charge in [0.2, 0.25) is 11.2 Å². The zero-order chi connectivity index (χ0) is 19.8. The molecule has 0 saturated carbocycles. The number of furan rings is 1. The van der Waals surface area contributed by atoms with E-state index in [2.05, 4.69) is 10.3 Å². The minimum Gasteiger partial charge on any atom is -0.618 e. The number of nitrogens with one attached hydrogen (secondary N) is 1. The molecule has 4 rings (SSSR count). The van der Waals surface area contributed by atoms with E-state index in [1.807, 2.05) is 0 Å². The second-order valence-electron chi connectivity index (χ2n) is 6.28. The van der Waals surface area contributed by atoms with Crippen LogP contribution in [0.15, 0.2) is 52.9 Å². The smallest absolute Gasteiger partial charge is 0.335 e. The van der Waals surface area contributed by atoms with Crippen LogP contribution in [0.1, 0.15) is 32.3 Å². The molecule has 0 bridgehead atoms. The van der Waals surface area contributed by atoms with Crippen LogP contribution in [-0.2, 0) is 6.54 Å². The molecule has 1 amide bonds. The molecule has 140 valence electrons. The molecule has 0 radical (unpaired) electrons. The summed E-state index contributed by atoms with van der Waals surface area (Å²) in [4.78, 5) is 27.9. The Hall–Kier alpha value is -3.94. The number of hydrogen-bond acceptors (Lipinski definition) is 5. The van der Waals surface area contributed by atoms with Gasteiger partial charge in [-0.05, 0) is 30.3 Å². The van der Waals surface area contributed by atoms with Crippen LogP contribution >= 0.6 is 0 Å². The van der Waals surface area contributed by atoms with E-state index in [-0.39, 0.29) is 23.5 Å². The number of carboxylic acids is 1. The van der Waals surface area contributed by atoms with E-state index < -0.39 is 11.9 Å². The maximum absolute atomic E-state index is 12.5. The van der Waals surface area contributed by atoms with Gasteiger partial charge in [-0.15, -0.1) is 0 Å². The molecule has 28 heavy (non-hydrogen) atoms. The molecular formula is C20H15N3O5. The molecule has 0 saturated heterocycles. The first-order chi connectivity index (χ1) is 13.4. The predicted octanol–water partition coefficient (Wildman–Crippen LogP) is 2.55. The minimum atomic E-state index is -1.03. The van der Waals surface area contributed by atoms with Gasteiger partial charge in [-0.1, -0.05) is 12.1 Å². The van der Waals surface area contributed by atoms with Crippen molar-refractivity contribution >= 4 is 33.9 Å². The fraction of sp³-hybridized carbons (Fsp3) is 0.100. The molecule has 0 atom stereocenters. The monoisotopic (exact) mass is 377 g/mol. The molecule has 8 heteroatoms. The summed E-state index contributed by atoms with van der Waals surface area (Å²) in [7, 11) is 0. The fourth-order valence-electron chi connectivity index (χ4n) is 2.99. The molecule has 0 fully saturated rings. The Bertz CT molecular complexity index is 1250. The number of aromatic carboxylic acids is 1. The second-order valence-corrected chi connectivity index (χ2v) is 6.28. The van der Waals surface area contributed by atoms with Crippen molar-refractivity contribution in [2.45, 2.75) is 13.5 Å². The van der Waals surface area contributed by atoms with Gasteiger partial charge in [-0.2, -0.15) is 4.73 Å². The first-order valence-corrected chi connectivity index (χ1v) is 8.47. The van der Waals surface area contributed by atoms with Crippen LogP contribution in [0.4, 0.5) is 0 Å². The molecule has 8 nitrogen and oxygen atoms in total. The highest BCUT2D eigenvalue weighted by molar-refractivity contribution is 5.95. The van der Waals surface area contributed by atoms with Crippen LogP contribution in [0.3, 0.4) is 0 Å². The van der Waals surface area contributed by atoms with Gasteiger partial charge in [0.1, 0.15) is 16.9 Å². The molecule has 2 heterocycles. The first-order valence-electron chi connectivity index (χ1n) is 8.47. The number of aromatic nitrogens is 2. The summed E-state index contributed by atoms with van der Waals surface area (Å²) in [6.45, 7) is 1.61. The Balaban J connectivity index is 1.58. The first kappa shape index (κ1) is 17.5. The van der Waals surface area contributed by atoms with Crippen molar-refractivity contribution < 1.29 is 23.8 Å². The lowest BCUT2D eigenvalue weighted by Gasteiger charge is -2.09. The van der Waals surface area contributed by atoms with Crippen molar-refractivity contribution in [3.05, 3.63) is 76.4 Å². The van der Waals surface area contributed by atoms with Crippen molar-refractivity contribution in [3.63, 3.8) is 0 Å². The summed E-state index contributed by atoms with van der Waals surface area (Å²) in [5.41, 5.74) is 1.73. The average molecular weight is 377 g/mol. The Morgan fingerprint density at radius 3 is 2.79 bits per heavy atom. The summed E-state index contributed by atoms with van der Waals surface area (Å²) in [5, 5.41) is 24.7. The van der Waals surface area contributed by atoms with E-state index in [9.17, 15) is 14.8 Å². The van der Waals surface area contributed by atoms with Crippen molar-refractivity contribution in [2.75, 3.05) is 0 Å². The number of rotatable bonds is 4. The Labute approximate surface area is 158 Å². The Morgan fingerprint density at radius 2 is 2.00 bits per heavy atom. The molecule has 0 aliphatic carbocycles. The third kappa shape index (κ3) is 3.01. The van der Waals surface area contributed by atoms with Crippen molar-refractivity contribution in [2.24, 2.45) is 0 Å². The predicted molar refractivity (Wildman–Crippen MR) is 99.8 cm³/mol. The topological polar surface area (TPSA) is 119 Å². The molecule has 0 spiro atoms. The average Bonchev–Trinajstić information content (AvgIpc) is 3.11. The lowest BCUT2D eigenvalue weighted by molar-refractivity contribution is -0.584. The molecule has 0 aliphatic rings. The highest BCUT2D eigenvalue weighted by Crippen LogP contribution is 2.21. The summed E-state index contributed by atoms with van der Waals surface area (Å²) >= 11 is 0. The lowest BCUT2D eigenvalue weighted by atomic mass is 10.1. The van der Waals surface area contributed by atoms with Crippen LogP contribution in [0, 0.1) is 12.1 Å². The Kier molecular flexibility index (Phi) is 4.15. The molecule has 2 aromatic heterocycles. The lowest BCUT2D eigenvalue weighted by Crippen LogP contribution is -2.36. The van der Waals surface area contributed by atoms with Gasteiger partial charge in [-0.25, -0.2) is 9.78 Å². The SMILES string of the molecule is Cc1c(C(=O)NCc2cc3cc(C(=O)O)ccc3o2)nc2ccccc2[n+]1[O-]. The van der Waals surface area contributed by atoms with Crippen LogP contribution in [0.5, 0.6) is 0 Å². The Morgan fingerprint density at radius 1 is 1.21 bits per heavy atom. The highest BCUT2D eigenvalue weighted by Gasteiger charge is 2.21. The van der Waals surface area contributed by atoms with Gasteiger partial charge in [0.15, 0.2) is 5.69 Å². The van der Waals surface area contributed by atoms with Crippen LogP contribution < -0.4 is 10.0 Å². The van der Waals surface area contributed by atoms with Crippen LogP contribution in [0.25, 0.3) is 22.0 Å². The van der Waals surface area contributed by atoms with E-state index in [0.29, 0.717) is 32.5 Å². The van der Waals surface area contributed by atoms with E-state index >= 15 is 0 Å². The van der Waals surface area contributed by atoms with Gasteiger partial charge in [0, 0.05) is 18.4 Å². The number of amides is 1. The summed E-state index contributed by atoms with van der Waals surface area (Å²) in [6, 6.07) is 13.0. The van der Waals surface area contributed by atoms with Crippen molar-refractivity contribution in [1.82, 2.24) is 10.3 Å². The normalized spacial score (nSPS) is 11.0. The number of carbonyl (C=O) groups is 2. The number of para-hydroxylation sites is 2. The number of carbonyl (C=O) groups excluding carboxylic acids is 1. The summed E-state index contributed by atoms with van der Waals surface area (Å²) in [5.74, 6) is -1.07. The molecular weight excluding hydrogens is 362 g/mol. The number of fused-ring (bicyclic) bond motifs is 2. The quantitative estimate of drug-likeness (QED) is 0.417. The van der Waals surface area contributed by atoms with Crippen molar-refractivity contribution in [3.8, 4) is 0 Å². The van der Waals surface area contributed by atoms with Gasteiger partial charge >= 0.3 is 5.97 Å². The zero-order valence-corrected chi connectivity index (χ0v) is 14.8. The minimum absolute atomic E-state index is 0.0398. The number of nitrogens with zero attached hydrogens (tertiary/aromatic N) is 2. The van der Waals surface area contributed by atoms with E-state index in [1.54, 1.807) is 36.4 Å². The van der Waals surface area contributed by atoms with Crippen LogP contribution in [-0.4, -0.2) is 22.0 Å². The summed E-state index contributed by atoms with van der Waals surface area (Å²) < 4.78 is 6.30. The zero-order valence-electron chi connectivity index (χ0n) is 14.8. The number of benzene rings is 2. The maximum Gasteiger partial charge on any atom is 0.335 e. The van der Waals surface area contributed by atoms with Crippen LogP contribution in [0.2, 0.25) is 0 Å². The van der Waals surface area contributed by atoms with Gasteiger partial charge in [0.25, 0.3) is 5.91 Å². The van der Waals surface area contributed by atoms with E-state index in [4.69, 9.17) is 9.52 Å². The number of hydrogen-bond donors (Lipinski definition) is 2. The van der Waals surface area contributed by atoms with Crippen molar-refractivity contribution in [1.29, 1.82) is 0 Å². The highest BCUT2D eigenvalue weighted by atomic mass is 16.5. The van der Waals surface area contributed by atoms with E-state index in [0.717, 1.165) is 0 Å². The largest absolute Gasteiger partial charge is 0.618 e. The third-order valence-corrected chi connectivity index (χ3v) is 4.43. The third-order valence-electron chi connectivity index (χ3n) is 4.43. The van der Waals surface area contributed by atoms with Gasteiger partial charge in [-0.3, -0.25) is 4.79 Å². The molecule has 0 aliphatic heterocycles. The number of carboxylic acid groups (broad SMARTS) is 1. The standard InChI is InChI=1S/C20H15N3O5/c1-11-18(22-15-4-2-3-5-16(15)23(11)27)19(24)21-10-14-9-13-8-12(20(25)26)6-7-17(13)28-14/h2-9H,10H2,1H3,(H,21,24)(H,25,26). The fourth-order valence-corrected chi connectivity index (χ4v) is 2.99. The summed E-state index contributed by atoms with van der Waals surface area (Å²) in [6.07, 6.45) is 0. The second kappa shape index (κ2) is 6.66. The van der Waals surface area contributed by atoms with Gasteiger partial charge in [0.05, 0.1) is 12.1 Å². The molecule has 4 aromatic rings. The maximum atomic E-state index is 12.5.